The summed E-state index contributed by atoms with van der Waals surface area (Å²) in [4.78, 5) is 0. The van der Waals surface area contributed by atoms with E-state index in [2.05, 4.69) is 16.7 Å². The molecule has 0 bridgehead atoms. The molecule has 0 aromatic carbocycles. The lowest BCUT2D eigenvalue weighted by molar-refractivity contribution is 0.540. The number of hydrogen-bond donors (Lipinski definition) is 2. The van der Waals surface area contributed by atoms with Gasteiger partial charge in [0.1, 0.15) is 0 Å². The molecule has 0 amide bonds. The Morgan fingerprint density at radius 1 is 1.43 bits per heavy atom. The Morgan fingerprint density at radius 2 is 2.43 bits per heavy atom. The summed E-state index contributed by atoms with van der Waals surface area (Å²) in [6.07, 6.45) is 10.5. The molecular weight excluding hydrogens is 172 g/mol. The molecule has 0 aromatic heterocycles. The highest BCUT2D eigenvalue weighted by molar-refractivity contribution is 5.05. The maximum atomic E-state index is 3.63. The van der Waals surface area contributed by atoms with Gasteiger partial charge < -0.3 is 10.6 Å². The summed E-state index contributed by atoms with van der Waals surface area (Å²) in [5, 5.41) is 7.01. The third kappa shape index (κ3) is 3.10. The Hall–Kier alpha value is -0.340. The van der Waals surface area contributed by atoms with E-state index in [-0.39, 0.29) is 0 Å². The van der Waals surface area contributed by atoms with Gasteiger partial charge in [0.2, 0.25) is 0 Å². The number of hydrogen-bond acceptors (Lipinski definition) is 2. The van der Waals surface area contributed by atoms with Gasteiger partial charge in [0.15, 0.2) is 0 Å². The molecular formula is C12H22N2. The van der Waals surface area contributed by atoms with Crippen molar-refractivity contribution in [1.82, 2.24) is 10.6 Å². The van der Waals surface area contributed by atoms with E-state index in [1.54, 1.807) is 5.57 Å². The molecule has 0 spiro atoms. The van der Waals surface area contributed by atoms with Crippen molar-refractivity contribution in [2.45, 2.75) is 44.6 Å². The van der Waals surface area contributed by atoms with Crippen LogP contribution in [0.4, 0.5) is 0 Å². The monoisotopic (exact) mass is 194 g/mol. The minimum absolute atomic E-state index is 0.735. The molecule has 1 aliphatic heterocycles. The van der Waals surface area contributed by atoms with Crippen LogP contribution < -0.4 is 10.6 Å². The normalized spacial score (nSPS) is 27.7. The van der Waals surface area contributed by atoms with E-state index in [0.717, 1.165) is 6.04 Å². The molecule has 2 rings (SSSR count). The predicted molar refractivity (Wildman–Crippen MR) is 60.4 cm³/mol. The van der Waals surface area contributed by atoms with Gasteiger partial charge in [-0.15, -0.1) is 0 Å². The molecule has 1 atom stereocenters. The molecule has 1 heterocycles. The van der Waals surface area contributed by atoms with E-state index in [1.807, 2.05) is 0 Å². The number of nitrogens with one attached hydrogen (secondary N) is 2. The third-order valence-electron chi connectivity index (χ3n) is 3.32. The molecule has 0 saturated carbocycles. The first-order valence-electron chi connectivity index (χ1n) is 6.07. The van der Waals surface area contributed by atoms with Crippen LogP contribution in [0.25, 0.3) is 0 Å². The quantitative estimate of drug-likeness (QED) is 0.667. The summed E-state index contributed by atoms with van der Waals surface area (Å²) in [5.74, 6) is 0. The highest BCUT2D eigenvalue weighted by Crippen LogP contribution is 2.19. The zero-order chi connectivity index (χ0) is 9.64. The Kier molecular flexibility index (Phi) is 4.02. The number of allylic oxidation sites excluding steroid dienone is 1. The molecule has 2 aliphatic rings. The Morgan fingerprint density at radius 3 is 3.14 bits per heavy atom. The van der Waals surface area contributed by atoms with Crippen LogP contribution in [0.1, 0.15) is 38.5 Å². The van der Waals surface area contributed by atoms with Crippen molar-refractivity contribution in [2.75, 3.05) is 19.6 Å². The van der Waals surface area contributed by atoms with E-state index in [4.69, 9.17) is 0 Å². The first kappa shape index (κ1) is 10.2. The molecule has 2 heteroatoms. The second kappa shape index (κ2) is 5.52. The second-order valence-electron chi connectivity index (χ2n) is 4.50. The molecule has 1 aliphatic carbocycles. The first-order valence-corrected chi connectivity index (χ1v) is 6.07. The highest BCUT2D eigenvalue weighted by atomic mass is 15.0. The molecule has 14 heavy (non-hydrogen) atoms. The van der Waals surface area contributed by atoms with Gasteiger partial charge in [0.25, 0.3) is 0 Å². The average Bonchev–Trinajstić information content (AvgIpc) is 2.72. The van der Waals surface area contributed by atoms with Crippen molar-refractivity contribution < 1.29 is 0 Å². The molecule has 0 radical (unpaired) electrons. The summed E-state index contributed by atoms with van der Waals surface area (Å²) in [7, 11) is 0. The summed E-state index contributed by atoms with van der Waals surface area (Å²) in [6.45, 7) is 3.54. The summed E-state index contributed by atoms with van der Waals surface area (Å²) in [5.41, 5.74) is 1.69. The molecule has 1 fully saturated rings. The lowest BCUT2D eigenvalue weighted by atomic mass is 9.97. The van der Waals surface area contributed by atoms with Gasteiger partial charge in [-0.1, -0.05) is 11.6 Å². The zero-order valence-electron chi connectivity index (χ0n) is 9.02. The van der Waals surface area contributed by atoms with Crippen LogP contribution in [0.2, 0.25) is 0 Å². The molecule has 1 saturated heterocycles. The van der Waals surface area contributed by atoms with Crippen molar-refractivity contribution >= 4 is 0 Å². The van der Waals surface area contributed by atoms with E-state index in [1.165, 1.54) is 58.2 Å². The highest BCUT2D eigenvalue weighted by Gasteiger charge is 2.13. The third-order valence-corrected chi connectivity index (χ3v) is 3.32. The van der Waals surface area contributed by atoms with Crippen LogP contribution in [-0.2, 0) is 0 Å². The summed E-state index contributed by atoms with van der Waals surface area (Å²) >= 11 is 0. The van der Waals surface area contributed by atoms with E-state index < -0.39 is 0 Å². The standard InChI is InChI=1S/C12H22N2/c1-2-4-11(5-3-1)6-9-14-12-7-8-13-10-12/h4,12-14H,1-3,5-10H2. The van der Waals surface area contributed by atoms with Gasteiger partial charge in [0.05, 0.1) is 0 Å². The topological polar surface area (TPSA) is 24.1 Å². The SMILES string of the molecule is C1=C(CCNC2CCNC2)CCCC1. The molecule has 1 unspecified atom stereocenters. The zero-order valence-corrected chi connectivity index (χ0v) is 9.02. The van der Waals surface area contributed by atoms with Gasteiger partial charge in [-0.2, -0.15) is 0 Å². The van der Waals surface area contributed by atoms with E-state index in [0.29, 0.717) is 0 Å². The Labute approximate surface area is 87.2 Å². The second-order valence-corrected chi connectivity index (χ2v) is 4.50. The van der Waals surface area contributed by atoms with Crippen LogP contribution in [-0.4, -0.2) is 25.7 Å². The summed E-state index contributed by atoms with van der Waals surface area (Å²) in [6, 6.07) is 0.735. The fourth-order valence-corrected chi connectivity index (χ4v) is 2.40. The van der Waals surface area contributed by atoms with Crippen molar-refractivity contribution in [2.24, 2.45) is 0 Å². The lowest BCUT2D eigenvalue weighted by Crippen LogP contribution is -2.31. The van der Waals surface area contributed by atoms with Gasteiger partial charge in [-0.05, 0) is 51.6 Å². The van der Waals surface area contributed by atoms with Crippen LogP contribution in [0.15, 0.2) is 11.6 Å². The largest absolute Gasteiger partial charge is 0.315 e. The maximum Gasteiger partial charge on any atom is 0.0204 e. The molecule has 0 aromatic rings. The van der Waals surface area contributed by atoms with E-state index >= 15 is 0 Å². The fourth-order valence-electron chi connectivity index (χ4n) is 2.40. The Bertz CT molecular complexity index is 192. The van der Waals surface area contributed by atoms with Gasteiger partial charge in [-0.3, -0.25) is 0 Å². The summed E-state index contributed by atoms with van der Waals surface area (Å²) < 4.78 is 0. The average molecular weight is 194 g/mol. The van der Waals surface area contributed by atoms with Gasteiger partial charge in [0, 0.05) is 12.6 Å². The molecule has 80 valence electrons. The van der Waals surface area contributed by atoms with Crippen LogP contribution in [0.5, 0.6) is 0 Å². The van der Waals surface area contributed by atoms with Crippen LogP contribution >= 0.6 is 0 Å². The first-order chi connectivity index (χ1) is 6.95. The van der Waals surface area contributed by atoms with Crippen LogP contribution in [0, 0.1) is 0 Å². The van der Waals surface area contributed by atoms with E-state index in [9.17, 15) is 0 Å². The van der Waals surface area contributed by atoms with Crippen molar-refractivity contribution in [1.29, 1.82) is 0 Å². The fraction of sp³-hybridized carbons (Fsp3) is 0.833. The van der Waals surface area contributed by atoms with Crippen molar-refractivity contribution in [3.63, 3.8) is 0 Å². The maximum absolute atomic E-state index is 3.63. The lowest BCUT2D eigenvalue weighted by Gasteiger charge is -2.15. The Balaban J connectivity index is 1.59. The smallest absolute Gasteiger partial charge is 0.0204 e. The van der Waals surface area contributed by atoms with Gasteiger partial charge >= 0.3 is 0 Å². The molecule has 2 N–H and O–H groups in total. The van der Waals surface area contributed by atoms with Crippen molar-refractivity contribution in [3.8, 4) is 0 Å². The predicted octanol–water partition coefficient (Wildman–Crippen LogP) is 1.83. The van der Waals surface area contributed by atoms with Crippen molar-refractivity contribution in [3.05, 3.63) is 11.6 Å². The minimum Gasteiger partial charge on any atom is -0.315 e. The minimum atomic E-state index is 0.735. The molecule has 2 nitrogen and oxygen atoms in total. The number of rotatable bonds is 4. The van der Waals surface area contributed by atoms with Crippen LogP contribution in [0.3, 0.4) is 0 Å². The van der Waals surface area contributed by atoms with Gasteiger partial charge in [-0.25, -0.2) is 0 Å².